The third-order valence-electron chi connectivity index (χ3n) is 3.27. The fourth-order valence-electron chi connectivity index (χ4n) is 1.57. The van der Waals surface area contributed by atoms with E-state index in [0.29, 0.717) is 0 Å². The maximum atomic E-state index is 13.4. The monoisotopic (exact) mass is 483 g/mol. The summed E-state index contributed by atoms with van der Waals surface area (Å²) in [5, 5.41) is 0. The predicted molar refractivity (Wildman–Crippen MR) is 67.9 cm³/mol. The van der Waals surface area contributed by atoms with Gasteiger partial charge < -0.3 is 4.79 Å². The molecule has 29 heavy (non-hydrogen) atoms. The Morgan fingerprint density at radius 3 is 1.48 bits per heavy atom. The fraction of sp³-hybridized carbons (Fsp3) is 0.909. The predicted octanol–water partition coefficient (Wildman–Crippen LogP) is 3.62. The van der Waals surface area contributed by atoms with Crippen molar-refractivity contribution >= 4 is 16.3 Å². The van der Waals surface area contributed by atoms with Gasteiger partial charge in [0.05, 0.1) is 5.75 Å². The lowest BCUT2D eigenvalue weighted by atomic mass is 9.93. The molecule has 0 fully saturated rings. The summed E-state index contributed by atoms with van der Waals surface area (Å²) in [5.41, 5.74) is 0. The first-order chi connectivity index (χ1) is 12.5. The molecule has 0 atom stereocenters. The van der Waals surface area contributed by atoms with E-state index >= 15 is 0 Å². The molecule has 0 heterocycles. The standard InChI is InChI=1S/C11H10F13NO3S/c12-6(13,2-5-29(27,28)25-3-1-4-26)7(14,15)8(16,17)9(18,19)10(20,21)11(22,23)24/h4,25H,1-3,5H2. The molecule has 1 N–H and O–H groups in total. The molecule has 18 heteroatoms. The first-order valence-corrected chi connectivity index (χ1v) is 8.54. The zero-order valence-corrected chi connectivity index (χ0v) is 14.3. The molecule has 0 spiro atoms. The van der Waals surface area contributed by atoms with E-state index in [9.17, 15) is 70.3 Å². The molecule has 0 aliphatic carbocycles. The molecule has 0 bridgehead atoms. The number of nitrogens with one attached hydrogen (secondary N) is 1. The van der Waals surface area contributed by atoms with Gasteiger partial charge in [-0.25, -0.2) is 13.1 Å². The van der Waals surface area contributed by atoms with Gasteiger partial charge in [0, 0.05) is 19.4 Å². The Labute approximate surface area is 153 Å². The molecule has 0 aromatic carbocycles. The van der Waals surface area contributed by atoms with Gasteiger partial charge in [0.1, 0.15) is 6.29 Å². The van der Waals surface area contributed by atoms with Crippen molar-refractivity contribution in [2.45, 2.75) is 48.6 Å². The Balaban J connectivity index is 5.85. The van der Waals surface area contributed by atoms with Crippen molar-refractivity contribution < 1.29 is 70.3 Å². The number of rotatable bonds is 11. The molecular formula is C11H10F13NO3S. The van der Waals surface area contributed by atoms with Gasteiger partial charge in [0.25, 0.3) is 0 Å². The highest BCUT2D eigenvalue weighted by atomic mass is 32.2. The average Bonchev–Trinajstić information content (AvgIpc) is 2.51. The lowest BCUT2D eigenvalue weighted by molar-refractivity contribution is -0.439. The molecule has 4 nitrogen and oxygen atoms in total. The summed E-state index contributed by atoms with van der Waals surface area (Å²) in [4.78, 5) is 9.95. The Morgan fingerprint density at radius 2 is 1.10 bits per heavy atom. The van der Waals surface area contributed by atoms with Gasteiger partial charge in [-0.15, -0.1) is 0 Å². The van der Waals surface area contributed by atoms with Crippen LogP contribution in [0.15, 0.2) is 0 Å². The van der Waals surface area contributed by atoms with Crippen LogP contribution in [-0.2, 0) is 14.8 Å². The molecule has 0 unspecified atom stereocenters. The van der Waals surface area contributed by atoms with Crippen molar-refractivity contribution in [1.82, 2.24) is 4.72 Å². The number of aldehydes is 1. The molecule has 0 saturated heterocycles. The normalized spacial score (nSPS) is 15.5. The molecule has 174 valence electrons. The van der Waals surface area contributed by atoms with Crippen molar-refractivity contribution in [2.24, 2.45) is 0 Å². The number of alkyl halides is 13. The highest BCUT2D eigenvalue weighted by molar-refractivity contribution is 7.89. The Hall–Kier alpha value is -1.33. The smallest absolute Gasteiger partial charge is 0.303 e. The van der Waals surface area contributed by atoms with Crippen molar-refractivity contribution in [3.05, 3.63) is 0 Å². The SMILES string of the molecule is O=CCCNS(=O)(=O)CCC(F)(F)C(F)(F)C(F)(F)C(F)(F)C(F)(F)C(F)(F)F. The van der Waals surface area contributed by atoms with Crippen LogP contribution in [0.5, 0.6) is 0 Å². The summed E-state index contributed by atoms with van der Waals surface area (Å²) >= 11 is 0. The molecule has 0 aliphatic rings. The summed E-state index contributed by atoms with van der Waals surface area (Å²) in [7, 11) is -4.96. The molecule has 0 saturated carbocycles. The van der Waals surface area contributed by atoms with Crippen LogP contribution < -0.4 is 4.72 Å². The van der Waals surface area contributed by atoms with E-state index in [-0.39, 0.29) is 6.29 Å². The third-order valence-corrected chi connectivity index (χ3v) is 4.65. The van der Waals surface area contributed by atoms with Crippen LogP contribution >= 0.6 is 0 Å². The Kier molecular flexibility index (Phi) is 7.70. The van der Waals surface area contributed by atoms with Crippen molar-refractivity contribution in [3.63, 3.8) is 0 Å². The van der Waals surface area contributed by atoms with E-state index in [1.807, 2.05) is 0 Å². The number of halogens is 13. The van der Waals surface area contributed by atoms with E-state index in [4.69, 9.17) is 0 Å². The summed E-state index contributed by atoms with van der Waals surface area (Å²) in [6.45, 7) is -0.750. The van der Waals surface area contributed by atoms with Gasteiger partial charge in [0.2, 0.25) is 10.0 Å². The highest BCUT2D eigenvalue weighted by Gasteiger charge is 2.90. The zero-order valence-electron chi connectivity index (χ0n) is 13.5. The van der Waals surface area contributed by atoms with E-state index < -0.39 is 71.0 Å². The number of hydrogen-bond donors (Lipinski definition) is 1. The lowest BCUT2D eigenvalue weighted by Crippen LogP contribution is -2.70. The first-order valence-electron chi connectivity index (χ1n) is 6.88. The second-order valence-electron chi connectivity index (χ2n) is 5.42. The Bertz CT molecular complexity index is 687. The fourth-order valence-corrected chi connectivity index (χ4v) is 2.67. The van der Waals surface area contributed by atoms with Gasteiger partial charge in [-0.05, 0) is 0 Å². The van der Waals surface area contributed by atoms with Crippen LogP contribution in [0, 0.1) is 0 Å². The Morgan fingerprint density at radius 1 is 0.690 bits per heavy atom. The third kappa shape index (κ3) is 5.05. The summed E-state index contributed by atoms with van der Waals surface area (Å²) in [5.74, 6) is -40.0. The second kappa shape index (κ2) is 8.07. The first kappa shape index (κ1) is 27.7. The number of sulfonamides is 1. The average molecular weight is 483 g/mol. The molecule has 0 aromatic heterocycles. The highest BCUT2D eigenvalue weighted by Crippen LogP contribution is 2.60. The zero-order chi connectivity index (χ0) is 23.7. The number of hydrogen-bond acceptors (Lipinski definition) is 3. The summed E-state index contributed by atoms with van der Waals surface area (Å²) in [6.07, 6.45) is -10.8. The molecule has 0 amide bonds. The van der Waals surface area contributed by atoms with E-state index in [1.54, 1.807) is 0 Å². The lowest BCUT2D eigenvalue weighted by Gasteiger charge is -2.39. The van der Waals surface area contributed by atoms with Crippen LogP contribution in [-0.4, -0.2) is 62.8 Å². The van der Waals surface area contributed by atoms with Crippen molar-refractivity contribution in [2.75, 3.05) is 12.3 Å². The van der Waals surface area contributed by atoms with Crippen LogP contribution in [0.1, 0.15) is 12.8 Å². The van der Waals surface area contributed by atoms with Crippen LogP contribution in [0.25, 0.3) is 0 Å². The minimum atomic E-state index is -8.04. The maximum absolute atomic E-state index is 13.4. The molecular weight excluding hydrogens is 473 g/mol. The van der Waals surface area contributed by atoms with Crippen LogP contribution in [0.4, 0.5) is 57.1 Å². The summed E-state index contributed by atoms with van der Waals surface area (Å²) in [6, 6.07) is 0. The van der Waals surface area contributed by atoms with Crippen LogP contribution in [0.2, 0.25) is 0 Å². The number of carbonyl (C=O) groups excluding carboxylic acids is 1. The van der Waals surface area contributed by atoms with Gasteiger partial charge in [-0.2, -0.15) is 57.1 Å². The molecule has 0 radical (unpaired) electrons. The minimum Gasteiger partial charge on any atom is -0.303 e. The van der Waals surface area contributed by atoms with Gasteiger partial charge >= 0.3 is 35.8 Å². The quantitative estimate of drug-likeness (QED) is 0.278. The molecule has 0 aliphatic heterocycles. The van der Waals surface area contributed by atoms with Gasteiger partial charge in [0.15, 0.2) is 0 Å². The van der Waals surface area contributed by atoms with Crippen LogP contribution in [0.3, 0.4) is 0 Å². The van der Waals surface area contributed by atoms with Crippen molar-refractivity contribution in [3.8, 4) is 0 Å². The van der Waals surface area contributed by atoms with Gasteiger partial charge in [-0.3, -0.25) is 0 Å². The topological polar surface area (TPSA) is 63.2 Å². The number of carbonyl (C=O) groups is 1. The van der Waals surface area contributed by atoms with E-state index in [0.717, 1.165) is 0 Å². The van der Waals surface area contributed by atoms with Crippen molar-refractivity contribution in [1.29, 1.82) is 0 Å². The summed E-state index contributed by atoms with van der Waals surface area (Å²) < 4.78 is 190. The molecule has 0 rings (SSSR count). The largest absolute Gasteiger partial charge is 0.460 e. The molecule has 0 aromatic rings. The van der Waals surface area contributed by atoms with E-state index in [2.05, 4.69) is 0 Å². The maximum Gasteiger partial charge on any atom is 0.460 e. The minimum absolute atomic E-state index is 0.120. The van der Waals surface area contributed by atoms with Gasteiger partial charge in [-0.1, -0.05) is 0 Å². The van der Waals surface area contributed by atoms with E-state index in [1.165, 1.54) is 4.72 Å². The second-order valence-corrected chi connectivity index (χ2v) is 7.34.